The summed E-state index contributed by atoms with van der Waals surface area (Å²) in [6.45, 7) is 1.76. The van der Waals surface area contributed by atoms with E-state index in [0.29, 0.717) is 5.56 Å². The van der Waals surface area contributed by atoms with Gasteiger partial charge in [-0.05, 0) is 46.6 Å². The topological polar surface area (TPSA) is 12.0 Å². The monoisotopic (exact) mass is 363 g/mol. The Morgan fingerprint density at radius 1 is 1.10 bits per heavy atom. The van der Waals surface area contributed by atoms with Gasteiger partial charge in [-0.15, -0.1) is 0 Å². The molecule has 0 aromatic heterocycles. The summed E-state index contributed by atoms with van der Waals surface area (Å²) >= 11 is 8.81. The average Bonchev–Trinajstić information content (AvgIpc) is 2.36. The number of hydrogen-bond donors (Lipinski definition) is 1. The molecule has 0 aliphatic rings. The molecule has 0 fully saturated rings. The van der Waals surface area contributed by atoms with E-state index in [1.54, 1.807) is 13.0 Å². The summed E-state index contributed by atoms with van der Waals surface area (Å²) in [5.41, 5.74) is 0.825. The lowest BCUT2D eigenvalue weighted by molar-refractivity contribution is 0.582. The van der Waals surface area contributed by atoms with Gasteiger partial charge in [0.15, 0.2) is 0 Å². The van der Waals surface area contributed by atoms with Crippen LogP contribution in [0.5, 0.6) is 0 Å². The molecule has 0 radical (unpaired) electrons. The van der Waals surface area contributed by atoms with Crippen LogP contribution in [0.3, 0.4) is 0 Å². The van der Waals surface area contributed by atoms with Crippen LogP contribution >= 0.6 is 27.5 Å². The predicted molar refractivity (Wildman–Crippen MR) is 77.5 cm³/mol. The Morgan fingerprint density at radius 2 is 1.80 bits per heavy atom. The number of anilines is 1. The fraction of sp³-hybridized carbons (Fsp3) is 0.143. The normalized spacial score (nSPS) is 12.3. The van der Waals surface area contributed by atoms with Crippen LogP contribution in [0.2, 0.25) is 5.02 Å². The van der Waals surface area contributed by atoms with E-state index in [-0.39, 0.29) is 21.2 Å². The molecule has 20 heavy (non-hydrogen) atoms. The van der Waals surface area contributed by atoms with Crippen LogP contribution in [0.4, 0.5) is 18.9 Å². The SMILES string of the molecule is CC(Nc1c(F)cc(F)cc1Br)c1ccc(F)c(Cl)c1. The molecule has 2 aromatic rings. The van der Waals surface area contributed by atoms with Crippen LogP contribution in [-0.4, -0.2) is 0 Å². The summed E-state index contributed by atoms with van der Waals surface area (Å²) in [5, 5.41) is 2.89. The van der Waals surface area contributed by atoms with Gasteiger partial charge in [-0.25, -0.2) is 13.2 Å². The highest BCUT2D eigenvalue weighted by atomic mass is 79.9. The third-order valence-electron chi connectivity index (χ3n) is 2.81. The molecule has 0 amide bonds. The number of nitrogens with one attached hydrogen (secondary N) is 1. The quantitative estimate of drug-likeness (QED) is 0.737. The molecule has 1 atom stereocenters. The molecule has 0 aliphatic heterocycles. The molecular formula is C14H10BrClF3N. The van der Waals surface area contributed by atoms with Gasteiger partial charge in [0.2, 0.25) is 0 Å². The molecule has 0 saturated carbocycles. The maximum Gasteiger partial charge on any atom is 0.150 e. The Morgan fingerprint density at radius 3 is 2.40 bits per heavy atom. The molecule has 106 valence electrons. The van der Waals surface area contributed by atoms with Crippen molar-refractivity contribution in [2.45, 2.75) is 13.0 Å². The highest BCUT2D eigenvalue weighted by molar-refractivity contribution is 9.10. The van der Waals surface area contributed by atoms with Crippen LogP contribution < -0.4 is 5.32 Å². The average molecular weight is 365 g/mol. The minimum absolute atomic E-state index is 0.00482. The first kappa shape index (κ1) is 15.2. The van der Waals surface area contributed by atoms with Crippen LogP contribution in [0, 0.1) is 17.5 Å². The molecular weight excluding hydrogens is 355 g/mol. The van der Waals surface area contributed by atoms with Crippen molar-refractivity contribution in [2.75, 3.05) is 5.32 Å². The van der Waals surface area contributed by atoms with Gasteiger partial charge in [-0.2, -0.15) is 0 Å². The van der Waals surface area contributed by atoms with E-state index in [0.717, 1.165) is 12.1 Å². The maximum atomic E-state index is 13.7. The Kier molecular flexibility index (Phi) is 4.60. The first-order valence-corrected chi connectivity index (χ1v) is 6.91. The van der Waals surface area contributed by atoms with Crippen LogP contribution in [-0.2, 0) is 0 Å². The summed E-state index contributed by atoms with van der Waals surface area (Å²) in [4.78, 5) is 0. The molecule has 6 heteroatoms. The van der Waals surface area contributed by atoms with Crippen LogP contribution in [0.1, 0.15) is 18.5 Å². The molecule has 1 unspecified atom stereocenters. The number of rotatable bonds is 3. The molecule has 0 spiro atoms. The van der Waals surface area contributed by atoms with Crippen molar-refractivity contribution in [2.24, 2.45) is 0 Å². The second-order valence-corrected chi connectivity index (χ2v) is 5.55. The molecule has 0 bridgehead atoms. The minimum atomic E-state index is -0.711. The van der Waals surface area contributed by atoms with E-state index < -0.39 is 17.5 Å². The Hall–Kier alpha value is -1.20. The van der Waals surface area contributed by atoms with Gasteiger partial charge in [-0.3, -0.25) is 0 Å². The van der Waals surface area contributed by atoms with Crippen molar-refractivity contribution in [3.8, 4) is 0 Å². The smallest absolute Gasteiger partial charge is 0.150 e. The van der Waals surface area contributed by atoms with E-state index >= 15 is 0 Å². The zero-order valence-electron chi connectivity index (χ0n) is 10.4. The van der Waals surface area contributed by atoms with Crippen LogP contribution in [0.25, 0.3) is 0 Å². The fourth-order valence-electron chi connectivity index (χ4n) is 1.76. The Bertz CT molecular complexity index is 625. The van der Waals surface area contributed by atoms with Gasteiger partial charge in [0, 0.05) is 16.6 Å². The second kappa shape index (κ2) is 6.06. The molecule has 2 rings (SSSR count). The molecule has 2 aromatic carbocycles. The highest BCUT2D eigenvalue weighted by Crippen LogP contribution is 2.31. The zero-order valence-corrected chi connectivity index (χ0v) is 12.7. The summed E-state index contributed by atoms with van der Waals surface area (Å²) in [6.07, 6.45) is 0. The van der Waals surface area contributed by atoms with E-state index in [1.807, 2.05) is 0 Å². The summed E-state index contributed by atoms with van der Waals surface area (Å²) in [7, 11) is 0. The highest BCUT2D eigenvalue weighted by Gasteiger charge is 2.14. The molecule has 0 aliphatic carbocycles. The van der Waals surface area contributed by atoms with E-state index in [4.69, 9.17) is 11.6 Å². The summed E-state index contributed by atoms with van der Waals surface area (Å²) in [6, 6.07) is 5.88. The van der Waals surface area contributed by atoms with Crippen molar-refractivity contribution in [1.82, 2.24) is 0 Å². The molecule has 1 N–H and O–H groups in total. The summed E-state index contributed by atoms with van der Waals surface area (Å²) < 4.78 is 40.1. The number of hydrogen-bond acceptors (Lipinski definition) is 1. The van der Waals surface area contributed by atoms with Gasteiger partial charge in [0.05, 0.1) is 10.7 Å². The lowest BCUT2D eigenvalue weighted by Gasteiger charge is -2.18. The van der Waals surface area contributed by atoms with Crippen molar-refractivity contribution < 1.29 is 13.2 Å². The molecule has 1 nitrogen and oxygen atoms in total. The lowest BCUT2D eigenvalue weighted by Crippen LogP contribution is -2.09. The number of halogens is 5. The molecule has 0 saturated heterocycles. The summed E-state index contributed by atoms with van der Waals surface area (Å²) in [5.74, 6) is -1.90. The van der Waals surface area contributed by atoms with Crippen molar-refractivity contribution >= 4 is 33.2 Å². The van der Waals surface area contributed by atoms with Gasteiger partial charge in [0.25, 0.3) is 0 Å². The lowest BCUT2D eigenvalue weighted by atomic mass is 10.1. The molecule has 0 heterocycles. The first-order valence-electron chi connectivity index (χ1n) is 5.74. The predicted octanol–water partition coefficient (Wildman–Crippen LogP) is 5.69. The van der Waals surface area contributed by atoms with E-state index in [2.05, 4.69) is 21.2 Å². The maximum absolute atomic E-state index is 13.7. The second-order valence-electron chi connectivity index (χ2n) is 4.28. The fourth-order valence-corrected chi connectivity index (χ4v) is 2.47. The van der Waals surface area contributed by atoms with E-state index in [1.165, 1.54) is 12.1 Å². The van der Waals surface area contributed by atoms with Gasteiger partial charge in [0.1, 0.15) is 17.5 Å². The third kappa shape index (κ3) is 3.27. The number of benzene rings is 2. The standard InChI is InChI=1S/C14H10BrClF3N/c1-7(8-2-3-12(18)11(16)4-8)20-14-10(15)5-9(17)6-13(14)19/h2-7,20H,1H3. The van der Waals surface area contributed by atoms with Gasteiger partial charge >= 0.3 is 0 Å². The Labute approximate surface area is 127 Å². The largest absolute Gasteiger partial charge is 0.375 e. The van der Waals surface area contributed by atoms with Gasteiger partial charge in [-0.1, -0.05) is 17.7 Å². The van der Waals surface area contributed by atoms with Crippen molar-refractivity contribution in [3.05, 3.63) is 62.8 Å². The zero-order chi connectivity index (χ0) is 14.9. The Balaban J connectivity index is 2.27. The van der Waals surface area contributed by atoms with Gasteiger partial charge < -0.3 is 5.32 Å². The van der Waals surface area contributed by atoms with Crippen molar-refractivity contribution in [1.29, 1.82) is 0 Å². The van der Waals surface area contributed by atoms with E-state index in [9.17, 15) is 13.2 Å². The van der Waals surface area contributed by atoms with Crippen molar-refractivity contribution in [3.63, 3.8) is 0 Å². The third-order valence-corrected chi connectivity index (χ3v) is 3.73. The van der Waals surface area contributed by atoms with Crippen LogP contribution in [0.15, 0.2) is 34.8 Å². The first-order chi connectivity index (χ1) is 9.38. The minimum Gasteiger partial charge on any atom is -0.375 e.